The molecule has 2 amide bonds. The summed E-state index contributed by atoms with van der Waals surface area (Å²) in [7, 11) is 2.17. The van der Waals surface area contributed by atoms with Gasteiger partial charge in [-0.1, -0.05) is 0 Å². The van der Waals surface area contributed by atoms with Crippen LogP contribution >= 0.6 is 0 Å². The maximum atomic E-state index is 12.6. The Kier molecular flexibility index (Phi) is 4.18. The van der Waals surface area contributed by atoms with Crippen molar-refractivity contribution < 1.29 is 9.59 Å². The van der Waals surface area contributed by atoms with Gasteiger partial charge in [0.1, 0.15) is 0 Å². The van der Waals surface area contributed by atoms with Crippen molar-refractivity contribution in [2.75, 3.05) is 46.3 Å². The molecule has 4 atom stereocenters. The van der Waals surface area contributed by atoms with Crippen LogP contribution in [0.15, 0.2) is 0 Å². The molecule has 2 bridgehead atoms. The smallest absolute Gasteiger partial charge is 0.233 e. The molecule has 2 saturated heterocycles. The molecule has 2 aliphatic carbocycles. The molecule has 128 valence electrons. The quantitative estimate of drug-likeness (QED) is 0.561. The SMILES string of the molecule is CN1CCN(CCCCN2C(=O)[C@@H]3[C@H]4CC[C@H](C4)[C@@H]3C2=O)CC1. The maximum Gasteiger partial charge on any atom is 0.233 e. The molecule has 0 aromatic heterocycles. The van der Waals surface area contributed by atoms with Crippen LogP contribution in [0, 0.1) is 23.7 Å². The molecular formula is C18H29N3O2. The molecule has 23 heavy (non-hydrogen) atoms. The number of likely N-dealkylation sites (tertiary alicyclic amines) is 1. The summed E-state index contributed by atoms with van der Waals surface area (Å²) >= 11 is 0. The Balaban J connectivity index is 1.24. The highest BCUT2D eigenvalue weighted by Crippen LogP contribution is 2.56. The molecule has 0 aromatic rings. The van der Waals surface area contributed by atoms with Crippen molar-refractivity contribution in [3.05, 3.63) is 0 Å². The number of imide groups is 1. The second-order valence-electron chi connectivity index (χ2n) is 8.06. The standard InChI is InChI=1S/C18H29N3O2/c1-19-8-10-20(11-9-19)6-2-3-7-21-17(22)15-13-4-5-14(12-13)16(15)18(21)23/h13-16H,2-12H2,1H3/t13-,14+,15+,16-. The van der Waals surface area contributed by atoms with Crippen molar-refractivity contribution in [2.45, 2.75) is 32.1 Å². The lowest BCUT2D eigenvalue weighted by Crippen LogP contribution is -2.44. The molecule has 4 rings (SSSR count). The van der Waals surface area contributed by atoms with E-state index in [1.54, 1.807) is 4.90 Å². The van der Waals surface area contributed by atoms with Gasteiger partial charge in [-0.2, -0.15) is 0 Å². The van der Waals surface area contributed by atoms with Crippen molar-refractivity contribution in [1.82, 2.24) is 14.7 Å². The van der Waals surface area contributed by atoms with Crippen molar-refractivity contribution >= 4 is 11.8 Å². The van der Waals surface area contributed by atoms with Crippen LogP contribution in [0.5, 0.6) is 0 Å². The Morgan fingerprint density at radius 2 is 1.43 bits per heavy atom. The lowest BCUT2D eigenvalue weighted by atomic mass is 9.81. The van der Waals surface area contributed by atoms with Crippen LogP contribution in [0.4, 0.5) is 0 Å². The number of rotatable bonds is 5. The molecule has 2 saturated carbocycles. The number of unbranched alkanes of at least 4 members (excludes halogenated alkanes) is 1. The van der Waals surface area contributed by atoms with Crippen LogP contribution in [0.25, 0.3) is 0 Å². The van der Waals surface area contributed by atoms with Crippen LogP contribution in [-0.2, 0) is 9.59 Å². The molecule has 0 aromatic carbocycles. The molecule has 4 fully saturated rings. The Labute approximate surface area is 139 Å². The van der Waals surface area contributed by atoms with E-state index in [-0.39, 0.29) is 23.7 Å². The van der Waals surface area contributed by atoms with E-state index >= 15 is 0 Å². The number of fused-ring (bicyclic) bond motifs is 5. The molecule has 0 unspecified atom stereocenters. The van der Waals surface area contributed by atoms with Gasteiger partial charge >= 0.3 is 0 Å². The predicted octanol–water partition coefficient (Wildman–Crippen LogP) is 1.05. The van der Waals surface area contributed by atoms with Crippen molar-refractivity contribution in [3.8, 4) is 0 Å². The van der Waals surface area contributed by atoms with Crippen molar-refractivity contribution in [1.29, 1.82) is 0 Å². The third-order valence-electron chi connectivity index (χ3n) is 6.72. The van der Waals surface area contributed by atoms with Gasteiger partial charge in [0, 0.05) is 32.7 Å². The molecule has 5 nitrogen and oxygen atoms in total. The summed E-state index contributed by atoms with van der Waals surface area (Å²) in [5.74, 6) is 1.45. The topological polar surface area (TPSA) is 43.9 Å². The molecule has 2 aliphatic heterocycles. The minimum absolute atomic E-state index is 0.0545. The summed E-state index contributed by atoms with van der Waals surface area (Å²) < 4.78 is 0. The number of piperazine rings is 1. The van der Waals surface area contributed by atoms with E-state index in [4.69, 9.17) is 0 Å². The number of amides is 2. The van der Waals surface area contributed by atoms with E-state index in [9.17, 15) is 9.59 Å². The van der Waals surface area contributed by atoms with Crippen LogP contribution in [0.1, 0.15) is 32.1 Å². The number of carbonyl (C=O) groups excluding carboxylic acids is 2. The van der Waals surface area contributed by atoms with Crippen LogP contribution < -0.4 is 0 Å². The number of likely N-dealkylation sites (N-methyl/N-ethyl adjacent to an activating group) is 1. The molecule has 0 spiro atoms. The summed E-state index contributed by atoms with van der Waals surface area (Å²) in [6, 6.07) is 0. The van der Waals surface area contributed by atoms with E-state index < -0.39 is 0 Å². The molecule has 0 radical (unpaired) electrons. The Bertz CT molecular complexity index is 459. The third kappa shape index (κ3) is 2.72. The summed E-state index contributed by atoms with van der Waals surface area (Å²) in [6.45, 7) is 6.33. The van der Waals surface area contributed by atoms with Gasteiger partial charge in [0.15, 0.2) is 0 Å². The summed E-state index contributed by atoms with van der Waals surface area (Å²) in [5.41, 5.74) is 0. The van der Waals surface area contributed by atoms with Gasteiger partial charge in [-0.15, -0.1) is 0 Å². The first-order valence-corrected chi connectivity index (χ1v) is 9.41. The fourth-order valence-corrected chi connectivity index (χ4v) is 5.37. The van der Waals surface area contributed by atoms with Crippen LogP contribution in [0.2, 0.25) is 0 Å². The van der Waals surface area contributed by atoms with Gasteiger partial charge in [0.2, 0.25) is 11.8 Å². The first kappa shape index (κ1) is 15.6. The Morgan fingerprint density at radius 3 is 2.04 bits per heavy atom. The lowest BCUT2D eigenvalue weighted by molar-refractivity contribution is -0.140. The van der Waals surface area contributed by atoms with Gasteiger partial charge in [0.05, 0.1) is 11.8 Å². The zero-order chi connectivity index (χ0) is 16.0. The number of hydrogen-bond acceptors (Lipinski definition) is 4. The van der Waals surface area contributed by atoms with Crippen LogP contribution in [0.3, 0.4) is 0 Å². The van der Waals surface area contributed by atoms with Crippen LogP contribution in [-0.4, -0.2) is 72.8 Å². The minimum Gasteiger partial charge on any atom is -0.304 e. The average Bonchev–Trinajstić information content (AvgIpc) is 3.22. The highest BCUT2D eigenvalue weighted by Gasteiger charge is 2.60. The van der Waals surface area contributed by atoms with Gasteiger partial charge in [-0.05, 0) is 57.5 Å². The van der Waals surface area contributed by atoms with E-state index in [1.165, 1.54) is 12.8 Å². The minimum atomic E-state index is 0.0545. The number of nitrogens with zero attached hydrogens (tertiary/aromatic N) is 3. The average molecular weight is 319 g/mol. The van der Waals surface area contributed by atoms with Gasteiger partial charge in [-0.25, -0.2) is 0 Å². The Morgan fingerprint density at radius 1 is 0.870 bits per heavy atom. The predicted molar refractivity (Wildman–Crippen MR) is 87.7 cm³/mol. The Hall–Kier alpha value is -0.940. The van der Waals surface area contributed by atoms with Crippen molar-refractivity contribution in [3.63, 3.8) is 0 Å². The molecule has 2 heterocycles. The third-order valence-corrected chi connectivity index (χ3v) is 6.72. The zero-order valence-corrected chi connectivity index (χ0v) is 14.2. The summed E-state index contributed by atoms with van der Waals surface area (Å²) in [5, 5.41) is 0. The van der Waals surface area contributed by atoms with E-state index in [0.29, 0.717) is 18.4 Å². The second-order valence-corrected chi connectivity index (χ2v) is 8.06. The van der Waals surface area contributed by atoms with E-state index in [0.717, 1.165) is 52.0 Å². The maximum absolute atomic E-state index is 12.6. The van der Waals surface area contributed by atoms with E-state index in [1.807, 2.05) is 0 Å². The fourth-order valence-electron chi connectivity index (χ4n) is 5.37. The van der Waals surface area contributed by atoms with E-state index in [2.05, 4.69) is 16.8 Å². The summed E-state index contributed by atoms with van der Waals surface area (Å²) in [6.07, 6.45) is 5.51. The molecule has 5 heteroatoms. The number of carbonyl (C=O) groups is 2. The van der Waals surface area contributed by atoms with Gasteiger partial charge in [-0.3, -0.25) is 14.5 Å². The van der Waals surface area contributed by atoms with Gasteiger partial charge < -0.3 is 9.80 Å². The fraction of sp³-hybridized carbons (Fsp3) is 0.889. The largest absolute Gasteiger partial charge is 0.304 e. The molecule has 0 N–H and O–H groups in total. The number of hydrogen-bond donors (Lipinski definition) is 0. The highest BCUT2D eigenvalue weighted by molar-refractivity contribution is 6.06. The van der Waals surface area contributed by atoms with Crippen molar-refractivity contribution in [2.24, 2.45) is 23.7 Å². The zero-order valence-electron chi connectivity index (χ0n) is 14.2. The highest BCUT2D eigenvalue weighted by atomic mass is 16.2. The monoisotopic (exact) mass is 319 g/mol. The second kappa shape index (κ2) is 6.17. The molecule has 4 aliphatic rings. The summed E-state index contributed by atoms with van der Waals surface area (Å²) in [4.78, 5) is 31.7. The first-order valence-electron chi connectivity index (χ1n) is 9.41. The normalized spacial score (nSPS) is 37.9. The molecular weight excluding hydrogens is 290 g/mol. The lowest BCUT2D eigenvalue weighted by Gasteiger charge is -2.32. The van der Waals surface area contributed by atoms with Gasteiger partial charge in [0.25, 0.3) is 0 Å². The first-order chi connectivity index (χ1) is 11.1.